The molecule has 0 aliphatic carbocycles. The molecule has 0 radical (unpaired) electrons. The quantitative estimate of drug-likeness (QED) is 0.899. The molecule has 4 nitrogen and oxygen atoms in total. The number of aromatic nitrogens is 2. The zero-order valence-corrected chi connectivity index (χ0v) is 12.6. The standard InChI is InChI=1S/C16H22N4/c1-5-10-17-15-11-16(19-13(3)18-15)20(4)14-8-6-12(2)7-9-14/h6-9,11H,5,10H2,1-4H3,(H,17,18,19). The molecule has 0 spiro atoms. The highest BCUT2D eigenvalue weighted by Crippen LogP contribution is 2.23. The first kappa shape index (κ1) is 14.3. The summed E-state index contributed by atoms with van der Waals surface area (Å²) in [6, 6.07) is 10.4. The van der Waals surface area contributed by atoms with Crippen LogP contribution in [0.15, 0.2) is 30.3 Å². The van der Waals surface area contributed by atoms with Gasteiger partial charge in [-0.3, -0.25) is 0 Å². The summed E-state index contributed by atoms with van der Waals surface area (Å²) in [7, 11) is 2.02. The van der Waals surface area contributed by atoms with Crippen LogP contribution < -0.4 is 10.2 Å². The molecule has 1 N–H and O–H groups in total. The molecule has 1 heterocycles. The van der Waals surface area contributed by atoms with E-state index in [0.717, 1.165) is 36.1 Å². The van der Waals surface area contributed by atoms with Gasteiger partial charge in [0, 0.05) is 25.3 Å². The number of hydrogen-bond donors (Lipinski definition) is 1. The van der Waals surface area contributed by atoms with Crippen molar-refractivity contribution >= 4 is 17.3 Å². The third-order valence-electron chi connectivity index (χ3n) is 3.15. The SMILES string of the molecule is CCCNc1cc(N(C)c2ccc(C)cc2)nc(C)n1. The lowest BCUT2D eigenvalue weighted by molar-refractivity contribution is 0.948. The van der Waals surface area contributed by atoms with E-state index in [2.05, 4.69) is 58.3 Å². The fourth-order valence-corrected chi connectivity index (χ4v) is 1.97. The third kappa shape index (κ3) is 3.47. The lowest BCUT2D eigenvalue weighted by Gasteiger charge is -2.19. The van der Waals surface area contributed by atoms with E-state index >= 15 is 0 Å². The molecule has 0 fully saturated rings. The molecule has 1 aromatic carbocycles. The van der Waals surface area contributed by atoms with Gasteiger partial charge < -0.3 is 10.2 Å². The second-order valence-electron chi connectivity index (χ2n) is 4.98. The van der Waals surface area contributed by atoms with Crippen LogP contribution in [0.5, 0.6) is 0 Å². The summed E-state index contributed by atoms with van der Waals surface area (Å²) in [5.74, 6) is 2.56. The smallest absolute Gasteiger partial charge is 0.138 e. The minimum atomic E-state index is 0.778. The predicted molar refractivity (Wildman–Crippen MR) is 84.8 cm³/mol. The Hall–Kier alpha value is -2.10. The number of benzene rings is 1. The average molecular weight is 270 g/mol. The highest BCUT2D eigenvalue weighted by atomic mass is 15.2. The first-order valence-corrected chi connectivity index (χ1v) is 7.00. The van der Waals surface area contributed by atoms with Gasteiger partial charge in [0.05, 0.1) is 0 Å². The van der Waals surface area contributed by atoms with Crippen molar-refractivity contribution in [2.24, 2.45) is 0 Å². The molecule has 0 amide bonds. The highest BCUT2D eigenvalue weighted by molar-refractivity contribution is 5.62. The van der Waals surface area contributed by atoms with Crippen molar-refractivity contribution in [1.29, 1.82) is 0 Å². The molecule has 0 saturated heterocycles. The van der Waals surface area contributed by atoms with E-state index in [0.29, 0.717) is 0 Å². The monoisotopic (exact) mass is 270 g/mol. The van der Waals surface area contributed by atoms with Crippen molar-refractivity contribution in [3.63, 3.8) is 0 Å². The van der Waals surface area contributed by atoms with Gasteiger partial charge in [-0.1, -0.05) is 24.6 Å². The summed E-state index contributed by atoms with van der Waals surface area (Å²) in [6.07, 6.45) is 1.08. The van der Waals surface area contributed by atoms with Crippen LogP contribution in [0, 0.1) is 13.8 Å². The molecular formula is C16H22N4. The van der Waals surface area contributed by atoms with Crippen LogP contribution in [0.25, 0.3) is 0 Å². The van der Waals surface area contributed by atoms with Crippen LogP contribution in [-0.2, 0) is 0 Å². The van der Waals surface area contributed by atoms with Gasteiger partial charge in [-0.05, 0) is 32.4 Å². The normalized spacial score (nSPS) is 10.4. The molecule has 1 aromatic heterocycles. The predicted octanol–water partition coefficient (Wildman–Crippen LogP) is 3.68. The fraction of sp³-hybridized carbons (Fsp3) is 0.375. The van der Waals surface area contributed by atoms with Gasteiger partial charge >= 0.3 is 0 Å². The van der Waals surface area contributed by atoms with Gasteiger partial charge in [0.1, 0.15) is 17.5 Å². The molecule has 0 atom stereocenters. The summed E-state index contributed by atoms with van der Waals surface area (Å²) in [6.45, 7) is 7.07. The van der Waals surface area contributed by atoms with Crippen LogP contribution in [0.2, 0.25) is 0 Å². The second kappa shape index (κ2) is 6.37. The minimum Gasteiger partial charge on any atom is -0.370 e. The van der Waals surface area contributed by atoms with Gasteiger partial charge in [0.15, 0.2) is 0 Å². The van der Waals surface area contributed by atoms with Crippen LogP contribution in [-0.4, -0.2) is 23.6 Å². The number of nitrogens with zero attached hydrogens (tertiary/aromatic N) is 3. The number of nitrogens with one attached hydrogen (secondary N) is 1. The summed E-state index contributed by atoms with van der Waals surface area (Å²) in [4.78, 5) is 11.0. The molecule has 0 saturated carbocycles. The van der Waals surface area contributed by atoms with Crippen molar-refractivity contribution in [2.45, 2.75) is 27.2 Å². The van der Waals surface area contributed by atoms with E-state index in [9.17, 15) is 0 Å². The van der Waals surface area contributed by atoms with Gasteiger partial charge in [0.2, 0.25) is 0 Å². The molecule has 4 heteroatoms. The largest absolute Gasteiger partial charge is 0.370 e. The Bertz CT molecular complexity index is 563. The Morgan fingerprint density at radius 2 is 1.80 bits per heavy atom. The number of anilines is 3. The van der Waals surface area contributed by atoms with Crippen molar-refractivity contribution in [2.75, 3.05) is 23.8 Å². The summed E-state index contributed by atoms with van der Waals surface area (Å²) in [5, 5.41) is 3.31. The Kier molecular flexibility index (Phi) is 4.56. The molecule has 20 heavy (non-hydrogen) atoms. The van der Waals surface area contributed by atoms with Gasteiger partial charge in [0.25, 0.3) is 0 Å². The number of rotatable bonds is 5. The van der Waals surface area contributed by atoms with E-state index < -0.39 is 0 Å². The van der Waals surface area contributed by atoms with Crippen molar-refractivity contribution in [3.05, 3.63) is 41.7 Å². The Morgan fingerprint density at radius 1 is 1.10 bits per heavy atom. The zero-order chi connectivity index (χ0) is 14.5. The molecule has 106 valence electrons. The second-order valence-corrected chi connectivity index (χ2v) is 4.98. The fourth-order valence-electron chi connectivity index (χ4n) is 1.97. The van der Waals surface area contributed by atoms with Gasteiger partial charge in [-0.15, -0.1) is 0 Å². The maximum absolute atomic E-state index is 4.52. The topological polar surface area (TPSA) is 41.0 Å². The van der Waals surface area contributed by atoms with E-state index in [1.807, 2.05) is 20.0 Å². The van der Waals surface area contributed by atoms with Crippen LogP contribution >= 0.6 is 0 Å². The van der Waals surface area contributed by atoms with Gasteiger partial charge in [-0.25, -0.2) is 9.97 Å². The van der Waals surface area contributed by atoms with Crippen molar-refractivity contribution in [1.82, 2.24) is 9.97 Å². The maximum Gasteiger partial charge on any atom is 0.138 e. The van der Waals surface area contributed by atoms with E-state index in [1.54, 1.807) is 0 Å². The molecule has 0 aliphatic rings. The van der Waals surface area contributed by atoms with Crippen LogP contribution in [0.1, 0.15) is 24.7 Å². The first-order chi connectivity index (χ1) is 9.60. The van der Waals surface area contributed by atoms with E-state index in [4.69, 9.17) is 0 Å². The van der Waals surface area contributed by atoms with Gasteiger partial charge in [-0.2, -0.15) is 0 Å². The number of aryl methyl sites for hydroxylation is 2. The maximum atomic E-state index is 4.52. The molecule has 0 unspecified atom stereocenters. The number of hydrogen-bond acceptors (Lipinski definition) is 4. The summed E-state index contributed by atoms with van der Waals surface area (Å²) in [5.41, 5.74) is 2.38. The van der Waals surface area contributed by atoms with Crippen molar-refractivity contribution < 1.29 is 0 Å². The van der Waals surface area contributed by atoms with Crippen LogP contribution in [0.4, 0.5) is 17.3 Å². The summed E-state index contributed by atoms with van der Waals surface area (Å²) >= 11 is 0. The lowest BCUT2D eigenvalue weighted by Crippen LogP contribution is -2.13. The lowest BCUT2D eigenvalue weighted by atomic mass is 10.2. The average Bonchev–Trinajstić information content (AvgIpc) is 2.44. The van der Waals surface area contributed by atoms with Crippen molar-refractivity contribution in [3.8, 4) is 0 Å². The van der Waals surface area contributed by atoms with E-state index in [-0.39, 0.29) is 0 Å². The molecule has 2 aromatic rings. The highest BCUT2D eigenvalue weighted by Gasteiger charge is 2.08. The molecular weight excluding hydrogens is 248 g/mol. The molecule has 0 aliphatic heterocycles. The Balaban J connectivity index is 2.26. The molecule has 0 bridgehead atoms. The minimum absolute atomic E-state index is 0.778. The molecule has 2 rings (SSSR count). The Morgan fingerprint density at radius 3 is 2.45 bits per heavy atom. The third-order valence-corrected chi connectivity index (χ3v) is 3.15. The summed E-state index contributed by atoms with van der Waals surface area (Å²) < 4.78 is 0. The first-order valence-electron chi connectivity index (χ1n) is 7.00. The Labute approximate surface area is 120 Å². The van der Waals surface area contributed by atoms with Crippen LogP contribution in [0.3, 0.4) is 0 Å². The van der Waals surface area contributed by atoms with E-state index in [1.165, 1.54) is 5.56 Å². The zero-order valence-electron chi connectivity index (χ0n) is 12.6.